The minimum atomic E-state index is -0.812. The van der Waals surface area contributed by atoms with Crippen LogP contribution in [-0.4, -0.2) is 33.4 Å². The van der Waals surface area contributed by atoms with Crippen molar-refractivity contribution < 1.29 is 4.80 Å². The Morgan fingerprint density at radius 3 is 2.00 bits per heavy atom. The third-order valence-electron chi connectivity index (χ3n) is 0.129. The Morgan fingerprint density at radius 2 is 2.00 bits per heavy atom. The summed E-state index contributed by atoms with van der Waals surface area (Å²) < 4.78 is 0. The fraction of sp³-hybridized carbons (Fsp3) is 0. The molecule has 0 amide bonds. The summed E-state index contributed by atoms with van der Waals surface area (Å²) in [5.41, 5.74) is 1.57. The van der Waals surface area contributed by atoms with Crippen molar-refractivity contribution in [2.24, 2.45) is 0 Å². The first kappa shape index (κ1) is 9.10. The van der Waals surface area contributed by atoms with E-state index >= 15 is 0 Å². The van der Waals surface area contributed by atoms with Crippen LogP contribution in [0.3, 0.4) is 0 Å². The molecule has 0 unspecified atom stereocenters. The van der Waals surface area contributed by atoms with Crippen molar-refractivity contribution >= 4 is 28.6 Å². The van der Waals surface area contributed by atoms with Crippen LogP contribution in [0.15, 0.2) is 12.3 Å². The van der Waals surface area contributed by atoms with E-state index in [0.29, 0.717) is 0 Å². The number of rotatable bonds is 1. The molecule has 0 aliphatic carbocycles. The molecule has 26 valence electrons. The van der Waals surface area contributed by atoms with Gasteiger partial charge >= 0.3 is 18.9 Å². The number of hydrogen-bond donors (Lipinski definition) is 1. The van der Waals surface area contributed by atoms with Crippen LogP contribution in [0.25, 0.3) is 0 Å². The topological polar surface area (TPSA) is 20.2 Å². The van der Waals surface area contributed by atoms with E-state index in [2.05, 4.69) is 6.58 Å². The molecular weight excluding hydrogens is 75.0 g/mol. The zero-order valence-electron chi connectivity index (χ0n) is 2.44. The van der Waals surface area contributed by atoms with Crippen molar-refractivity contribution in [2.75, 3.05) is 0 Å². The molecule has 0 aliphatic rings. The Morgan fingerprint density at radius 1 is 1.80 bits per heavy atom. The van der Waals surface area contributed by atoms with Gasteiger partial charge in [0, 0.05) is 0 Å². The normalized spacial score (nSPS) is 7.40. The summed E-state index contributed by atoms with van der Waals surface area (Å²) >= 11 is 0. The molecule has 0 heterocycles. The summed E-state index contributed by atoms with van der Waals surface area (Å²) in [4.78, 5) is 7.90. The summed E-state index contributed by atoms with van der Waals surface area (Å²) in [6.45, 7) is 3.29. The van der Waals surface area contributed by atoms with Crippen LogP contribution in [0.2, 0.25) is 0 Å². The van der Waals surface area contributed by atoms with Crippen molar-refractivity contribution in [1.82, 2.24) is 0 Å². The van der Waals surface area contributed by atoms with Gasteiger partial charge in [-0.15, -0.1) is 6.58 Å². The fourth-order valence-electron chi connectivity index (χ4n) is 0. The van der Waals surface area contributed by atoms with E-state index < -0.39 is 9.76 Å². The van der Waals surface area contributed by atoms with E-state index in [1.807, 2.05) is 0 Å². The molecule has 3 heteroatoms. The molecule has 0 saturated carbocycles. The molecule has 1 nitrogen and oxygen atoms in total. The van der Waals surface area contributed by atoms with Gasteiger partial charge in [-0.25, -0.2) is 0 Å². The predicted octanol–water partition coefficient (Wildman–Crippen LogP) is -1.44. The molecule has 0 saturated heterocycles. The Balaban J connectivity index is 0. The molecule has 0 aromatic rings. The molecule has 0 spiro atoms. The van der Waals surface area contributed by atoms with Gasteiger partial charge in [0.25, 0.3) is 0 Å². The van der Waals surface area contributed by atoms with E-state index in [-0.39, 0.29) is 18.9 Å². The third kappa shape index (κ3) is 12.4. The fourth-order valence-corrected chi connectivity index (χ4v) is 0. The first-order valence-electron chi connectivity index (χ1n) is 1.13. The van der Waals surface area contributed by atoms with E-state index in [9.17, 15) is 0 Å². The minimum absolute atomic E-state index is 0. The maximum atomic E-state index is 7.90. The third-order valence-corrected chi connectivity index (χ3v) is 0.387. The van der Waals surface area contributed by atoms with Crippen molar-refractivity contribution in [1.29, 1.82) is 0 Å². The van der Waals surface area contributed by atoms with Crippen molar-refractivity contribution in [3.05, 3.63) is 12.3 Å². The Bertz CT molecular complexity index is 23.6. The summed E-state index contributed by atoms with van der Waals surface area (Å²) in [5.74, 6) is 0. The Labute approximate surface area is 46.2 Å². The van der Waals surface area contributed by atoms with Gasteiger partial charge in [0.15, 0.2) is 9.76 Å². The monoisotopic (exact) mass is 82.0 g/mol. The summed E-state index contributed by atoms with van der Waals surface area (Å²) in [5, 5.41) is 0. The van der Waals surface area contributed by atoms with Crippen LogP contribution in [0.1, 0.15) is 0 Å². The van der Waals surface area contributed by atoms with E-state index in [1.165, 1.54) is 0 Å². The molecular formula is C2H7LiOSi. The van der Waals surface area contributed by atoms with E-state index in [0.717, 1.165) is 0 Å². The standard InChI is InChI=1S/C2H6OSi.Li.H/c1-2-4-3;;/h2-3H,1,4H2;;. The van der Waals surface area contributed by atoms with Crippen LogP contribution in [0.4, 0.5) is 0 Å². The van der Waals surface area contributed by atoms with Crippen molar-refractivity contribution in [3.63, 3.8) is 0 Å². The van der Waals surface area contributed by atoms with Crippen LogP contribution in [0.5, 0.6) is 0 Å². The second-order valence-electron chi connectivity index (χ2n) is 0.471. The Hall–Kier alpha value is 0.514. The summed E-state index contributed by atoms with van der Waals surface area (Å²) in [6, 6.07) is 0. The van der Waals surface area contributed by atoms with Gasteiger partial charge in [0.05, 0.1) is 0 Å². The summed E-state index contributed by atoms with van der Waals surface area (Å²) in [7, 11) is -0.812. The predicted molar refractivity (Wildman–Crippen MR) is 28.1 cm³/mol. The maximum absolute atomic E-state index is 7.90. The molecule has 5 heavy (non-hydrogen) atoms. The van der Waals surface area contributed by atoms with E-state index in [1.54, 1.807) is 5.70 Å². The zero-order valence-corrected chi connectivity index (χ0v) is 3.85. The van der Waals surface area contributed by atoms with Crippen LogP contribution < -0.4 is 0 Å². The SMILES string of the molecule is C=C[SiH2]O.[LiH]. The molecule has 0 aromatic heterocycles. The average Bonchev–Trinajstić information content (AvgIpc) is 1.37. The van der Waals surface area contributed by atoms with Crippen molar-refractivity contribution in [2.45, 2.75) is 0 Å². The van der Waals surface area contributed by atoms with Crippen LogP contribution >= 0.6 is 0 Å². The molecule has 0 rings (SSSR count). The first-order valence-corrected chi connectivity index (χ1v) is 2.58. The summed E-state index contributed by atoms with van der Waals surface area (Å²) in [6.07, 6.45) is 0. The average molecular weight is 82.1 g/mol. The van der Waals surface area contributed by atoms with Gasteiger partial charge < -0.3 is 4.80 Å². The van der Waals surface area contributed by atoms with Gasteiger partial charge in [0.2, 0.25) is 0 Å². The molecule has 0 aliphatic heterocycles. The van der Waals surface area contributed by atoms with Gasteiger partial charge in [-0.3, -0.25) is 0 Å². The van der Waals surface area contributed by atoms with Gasteiger partial charge in [-0.1, -0.05) is 5.70 Å². The van der Waals surface area contributed by atoms with E-state index in [4.69, 9.17) is 4.80 Å². The van der Waals surface area contributed by atoms with Gasteiger partial charge in [-0.2, -0.15) is 0 Å². The number of hydrogen-bond acceptors (Lipinski definition) is 1. The molecule has 0 radical (unpaired) electrons. The molecule has 1 N–H and O–H groups in total. The molecule has 0 atom stereocenters. The second-order valence-corrected chi connectivity index (χ2v) is 1.41. The van der Waals surface area contributed by atoms with Gasteiger partial charge in [0.1, 0.15) is 0 Å². The zero-order chi connectivity index (χ0) is 3.41. The molecule has 0 aromatic carbocycles. The Kier molecular flexibility index (Phi) is 16.0. The van der Waals surface area contributed by atoms with Crippen LogP contribution in [0, 0.1) is 0 Å². The second kappa shape index (κ2) is 8.82. The first-order chi connectivity index (χ1) is 1.91. The molecule has 0 fully saturated rings. The van der Waals surface area contributed by atoms with Crippen LogP contribution in [-0.2, 0) is 0 Å². The molecule has 0 bridgehead atoms. The van der Waals surface area contributed by atoms with Crippen molar-refractivity contribution in [3.8, 4) is 0 Å². The van der Waals surface area contributed by atoms with Gasteiger partial charge in [-0.05, 0) is 0 Å². The quantitative estimate of drug-likeness (QED) is 0.384.